The molecule has 0 spiro atoms. The molecule has 3 rings (SSSR count). The molecule has 2 aliphatic carbocycles. The molecule has 1 saturated carbocycles. The molecule has 0 aromatic heterocycles. The van der Waals surface area contributed by atoms with Crippen LogP contribution in [0.5, 0.6) is 0 Å². The molecule has 114 valence electrons. The second kappa shape index (κ2) is 5.40. The highest BCUT2D eigenvalue weighted by molar-refractivity contribution is 5.99. The van der Waals surface area contributed by atoms with Gasteiger partial charge >= 0.3 is 5.97 Å². The van der Waals surface area contributed by atoms with E-state index >= 15 is 0 Å². The summed E-state index contributed by atoms with van der Waals surface area (Å²) in [6.07, 6.45) is 4.58. The molecule has 1 aromatic carbocycles. The Bertz CT molecular complexity index is 679. The van der Waals surface area contributed by atoms with Gasteiger partial charge in [0, 0.05) is 11.3 Å². The van der Waals surface area contributed by atoms with Crippen LogP contribution in [0, 0.1) is 23.7 Å². The van der Waals surface area contributed by atoms with Crippen molar-refractivity contribution in [2.75, 3.05) is 5.32 Å². The molecule has 5 nitrogen and oxygen atoms in total. The van der Waals surface area contributed by atoms with E-state index in [1.807, 2.05) is 12.2 Å². The quantitative estimate of drug-likeness (QED) is 0.660. The van der Waals surface area contributed by atoms with Crippen LogP contribution in [0.1, 0.15) is 23.7 Å². The van der Waals surface area contributed by atoms with E-state index in [9.17, 15) is 19.5 Å². The molecular formula is C17H17NO4. The number of carbonyl (C=O) groups excluding carboxylic acids is 2. The van der Waals surface area contributed by atoms with Gasteiger partial charge in [0.1, 0.15) is 0 Å². The van der Waals surface area contributed by atoms with Crippen molar-refractivity contribution in [1.29, 1.82) is 0 Å². The van der Waals surface area contributed by atoms with Gasteiger partial charge in [-0.1, -0.05) is 24.3 Å². The number of anilines is 1. The maximum Gasteiger partial charge on any atom is 0.307 e. The number of carboxylic acid groups (broad SMARTS) is 1. The molecular weight excluding hydrogens is 282 g/mol. The number of hydrogen-bond donors (Lipinski definition) is 2. The normalized spacial score (nSPS) is 28.6. The van der Waals surface area contributed by atoms with Gasteiger partial charge in [0.05, 0.1) is 11.8 Å². The molecule has 0 unspecified atom stereocenters. The fourth-order valence-corrected chi connectivity index (χ4v) is 3.56. The van der Waals surface area contributed by atoms with Gasteiger partial charge in [0.25, 0.3) is 0 Å². The van der Waals surface area contributed by atoms with Crippen LogP contribution in [0.3, 0.4) is 0 Å². The number of Topliss-reactive ketones (excluding diaryl/α,β-unsaturated/α-hetero) is 1. The molecule has 22 heavy (non-hydrogen) atoms. The molecule has 0 aliphatic heterocycles. The van der Waals surface area contributed by atoms with E-state index in [0.29, 0.717) is 11.3 Å². The van der Waals surface area contributed by atoms with Crippen molar-refractivity contribution in [3.8, 4) is 0 Å². The van der Waals surface area contributed by atoms with Crippen LogP contribution in [-0.4, -0.2) is 22.8 Å². The van der Waals surface area contributed by atoms with E-state index in [0.717, 1.165) is 6.42 Å². The lowest BCUT2D eigenvalue weighted by Gasteiger charge is -2.23. The van der Waals surface area contributed by atoms with E-state index in [-0.39, 0.29) is 23.5 Å². The van der Waals surface area contributed by atoms with Gasteiger partial charge in [-0.25, -0.2) is 0 Å². The van der Waals surface area contributed by atoms with Gasteiger partial charge in [0.2, 0.25) is 5.91 Å². The maximum atomic E-state index is 12.5. The Hall–Kier alpha value is -2.43. The monoisotopic (exact) mass is 299 g/mol. The lowest BCUT2D eigenvalue weighted by molar-refractivity contribution is -0.146. The lowest BCUT2D eigenvalue weighted by atomic mass is 9.82. The first-order chi connectivity index (χ1) is 10.5. The number of carbonyl (C=O) groups is 3. The standard InChI is InChI=1S/C17H17NO4/c1-9(19)10-3-2-4-13(8-10)18-16(20)14-11-5-6-12(7-11)15(14)17(21)22/h2-6,8,11-12,14-15H,7H2,1H3,(H,18,20)(H,21,22)/t11-,12-,14-,15+/m1/s1. The third kappa shape index (κ3) is 2.43. The predicted molar refractivity (Wildman–Crippen MR) is 80.4 cm³/mol. The summed E-state index contributed by atoms with van der Waals surface area (Å²) in [4.78, 5) is 35.3. The summed E-state index contributed by atoms with van der Waals surface area (Å²) in [6, 6.07) is 6.68. The van der Waals surface area contributed by atoms with Crippen molar-refractivity contribution < 1.29 is 19.5 Å². The summed E-state index contributed by atoms with van der Waals surface area (Å²) in [5, 5.41) is 12.1. The fraction of sp³-hybridized carbons (Fsp3) is 0.353. The molecule has 0 radical (unpaired) electrons. The topological polar surface area (TPSA) is 83.5 Å². The molecule has 1 amide bonds. The number of carboxylic acids is 1. The van der Waals surface area contributed by atoms with Gasteiger partial charge in [-0.2, -0.15) is 0 Å². The SMILES string of the molecule is CC(=O)c1cccc(NC(=O)[C@H]2[C@@H](C(=O)O)[C@@H]3C=C[C@@H]2C3)c1. The van der Waals surface area contributed by atoms with Crippen LogP contribution in [0.4, 0.5) is 5.69 Å². The molecule has 4 atom stereocenters. The van der Waals surface area contributed by atoms with E-state index in [4.69, 9.17) is 0 Å². The van der Waals surface area contributed by atoms with Crippen LogP contribution >= 0.6 is 0 Å². The van der Waals surface area contributed by atoms with Crippen LogP contribution in [0.15, 0.2) is 36.4 Å². The second-order valence-electron chi connectivity index (χ2n) is 5.96. The summed E-state index contributed by atoms with van der Waals surface area (Å²) >= 11 is 0. The number of nitrogens with one attached hydrogen (secondary N) is 1. The summed E-state index contributed by atoms with van der Waals surface area (Å²) in [7, 11) is 0. The largest absolute Gasteiger partial charge is 0.481 e. The predicted octanol–water partition coefficient (Wildman–Crippen LogP) is 2.35. The maximum absolute atomic E-state index is 12.5. The highest BCUT2D eigenvalue weighted by Gasteiger charge is 2.51. The Morgan fingerprint density at radius 3 is 2.45 bits per heavy atom. The fourth-order valence-electron chi connectivity index (χ4n) is 3.56. The summed E-state index contributed by atoms with van der Waals surface area (Å²) in [5.74, 6) is -2.56. The van der Waals surface area contributed by atoms with E-state index in [2.05, 4.69) is 5.32 Å². The molecule has 2 bridgehead atoms. The van der Waals surface area contributed by atoms with Crippen LogP contribution < -0.4 is 5.32 Å². The number of fused-ring (bicyclic) bond motifs is 2. The minimum atomic E-state index is -0.922. The molecule has 5 heteroatoms. The van der Waals surface area contributed by atoms with Gasteiger partial charge < -0.3 is 10.4 Å². The third-order valence-corrected chi connectivity index (χ3v) is 4.58. The van der Waals surface area contributed by atoms with Crippen LogP contribution in [-0.2, 0) is 9.59 Å². The Morgan fingerprint density at radius 1 is 1.14 bits per heavy atom. The Labute approximate surface area is 128 Å². The first-order valence-corrected chi connectivity index (χ1v) is 7.30. The average molecular weight is 299 g/mol. The lowest BCUT2D eigenvalue weighted by Crippen LogP contribution is -2.36. The minimum Gasteiger partial charge on any atom is -0.481 e. The number of amides is 1. The Morgan fingerprint density at radius 2 is 1.82 bits per heavy atom. The highest BCUT2D eigenvalue weighted by atomic mass is 16.4. The van der Waals surface area contributed by atoms with E-state index in [1.54, 1.807) is 24.3 Å². The van der Waals surface area contributed by atoms with E-state index < -0.39 is 17.8 Å². The third-order valence-electron chi connectivity index (χ3n) is 4.58. The minimum absolute atomic E-state index is 0.0120. The van der Waals surface area contributed by atoms with Crippen molar-refractivity contribution in [2.24, 2.45) is 23.7 Å². The Balaban J connectivity index is 1.80. The average Bonchev–Trinajstić information content (AvgIpc) is 3.07. The zero-order chi connectivity index (χ0) is 15.9. The zero-order valence-electron chi connectivity index (χ0n) is 12.2. The number of rotatable bonds is 4. The van der Waals surface area contributed by atoms with Crippen molar-refractivity contribution >= 4 is 23.3 Å². The van der Waals surface area contributed by atoms with Crippen LogP contribution in [0.25, 0.3) is 0 Å². The van der Waals surface area contributed by atoms with Crippen molar-refractivity contribution in [3.63, 3.8) is 0 Å². The molecule has 0 saturated heterocycles. The summed E-state index contributed by atoms with van der Waals surface area (Å²) < 4.78 is 0. The number of allylic oxidation sites excluding steroid dienone is 2. The second-order valence-corrected chi connectivity index (χ2v) is 5.96. The van der Waals surface area contributed by atoms with Gasteiger partial charge in [-0.15, -0.1) is 0 Å². The summed E-state index contributed by atoms with van der Waals surface area (Å²) in [6.45, 7) is 1.46. The summed E-state index contributed by atoms with van der Waals surface area (Å²) in [5.41, 5.74) is 1.04. The van der Waals surface area contributed by atoms with Crippen molar-refractivity contribution in [2.45, 2.75) is 13.3 Å². The van der Waals surface area contributed by atoms with Gasteiger partial charge in [0.15, 0.2) is 5.78 Å². The van der Waals surface area contributed by atoms with Crippen molar-refractivity contribution in [1.82, 2.24) is 0 Å². The number of aliphatic carboxylic acids is 1. The molecule has 1 fully saturated rings. The Kier molecular flexibility index (Phi) is 3.56. The smallest absolute Gasteiger partial charge is 0.307 e. The molecule has 2 N–H and O–H groups in total. The number of ketones is 1. The first-order valence-electron chi connectivity index (χ1n) is 7.30. The van der Waals surface area contributed by atoms with Crippen molar-refractivity contribution in [3.05, 3.63) is 42.0 Å². The van der Waals surface area contributed by atoms with Gasteiger partial charge in [-0.3, -0.25) is 14.4 Å². The van der Waals surface area contributed by atoms with Crippen LogP contribution in [0.2, 0.25) is 0 Å². The van der Waals surface area contributed by atoms with E-state index in [1.165, 1.54) is 6.92 Å². The molecule has 1 aromatic rings. The molecule has 0 heterocycles. The highest BCUT2D eigenvalue weighted by Crippen LogP contribution is 2.48. The van der Waals surface area contributed by atoms with Gasteiger partial charge in [-0.05, 0) is 37.3 Å². The molecule has 2 aliphatic rings. The number of hydrogen-bond acceptors (Lipinski definition) is 3. The number of benzene rings is 1. The first kappa shape index (κ1) is 14.5. The zero-order valence-corrected chi connectivity index (χ0v) is 12.2.